The van der Waals surface area contributed by atoms with Crippen LogP contribution in [0.2, 0.25) is 0 Å². The number of carbonyl (C=O) groups excluding carboxylic acids is 1. The zero-order valence-electron chi connectivity index (χ0n) is 22.1. The van der Waals surface area contributed by atoms with E-state index >= 15 is 0 Å². The molecule has 196 valence electrons. The van der Waals surface area contributed by atoms with Gasteiger partial charge in [-0.05, 0) is 88.9 Å². The molecule has 3 saturated carbocycles. The summed E-state index contributed by atoms with van der Waals surface area (Å²) in [7, 11) is 0. The molecule has 0 aliphatic heterocycles. The van der Waals surface area contributed by atoms with Crippen LogP contribution in [0.5, 0.6) is 0 Å². The maximum atomic E-state index is 12.4. The van der Waals surface area contributed by atoms with Gasteiger partial charge in [-0.1, -0.05) is 61.4 Å². The van der Waals surface area contributed by atoms with Crippen LogP contribution < -0.4 is 0 Å². The zero-order valence-corrected chi connectivity index (χ0v) is 22.1. The molecule has 0 aromatic heterocycles. The predicted molar refractivity (Wildman–Crippen MR) is 140 cm³/mol. The molecule has 5 nitrogen and oxygen atoms in total. The number of aliphatic hydroxyl groups is 3. The zero-order chi connectivity index (χ0) is 25.8. The highest BCUT2D eigenvalue weighted by Gasteiger charge is 2.49. The fourth-order valence-electron chi connectivity index (χ4n) is 6.45. The molecule has 0 unspecified atom stereocenters. The minimum Gasteiger partial charge on any atom is -0.465 e. The molecular weight excluding hydrogens is 440 g/mol. The monoisotopic (exact) mass is 486 g/mol. The van der Waals surface area contributed by atoms with Crippen LogP contribution in [-0.2, 0) is 9.53 Å². The number of ether oxygens (including phenoxy) is 1. The van der Waals surface area contributed by atoms with Gasteiger partial charge >= 0.3 is 5.97 Å². The van der Waals surface area contributed by atoms with E-state index in [-0.39, 0.29) is 11.4 Å². The van der Waals surface area contributed by atoms with Gasteiger partial charge in [0.25, 0.3) is 0 Å². The Hall–Kier alpha value is -1.69. The first-order valence-electron chi connectivity index (χ1n) is 13.5. The standard InChI is InChI=1S/C30H46O5/c1-6-16-35-28(34)29(3,4)27(33)14-9-20(2)25-12-13-26-22(8-7-15-30(25,26)5)11-10-21-17-23(31)19-24(32)18-21/h9-11,14,23-27,31-33H,2,6-8,12-13,15-19H2,1,3-5H3/b14-9+,22-11+/t23-,24-,25-,26+,27-,30-/m1/s1. The van der Waals surface area contributed by atoms with Crippen molar-refractivity contribution in [2.24, 2.45) is 22.7 Å². The van der Waals surface area contributed by atoms with Crippen molar-refractivity contribution in [3.63, 3.8) is 0 Å². The lowest BCUT2D eigenvalue weighted by molar-refractivity contribution is -0.158. The van der Waals surface area contributed by atoms with Crippen LogP contribution in [-0.4, -0.2) is 46.2 Å². The lowest BCUT2D eigenvalue weighted by atomic mass is 9.62. The molecule has 0 radical (unpaired) electrons. The maximum Gasteiger partial charge on any atom is 0.314 e. The van der Waals surface area contributed by atoms with Gasteiger partial charge in [0.05, 0.1) is 30.3 Å². The Bertz CT molecular complexity index is 854. The fraction of sp³-hybridized carbons (Fsp3) is 0.700. The van der Waals surface area contributed by atoms with E-state index in [1.54, 1.807) is 19.9 Å². The van der Waals surface area contributed by atoms with Gasteiger partial charge in [0.1, 0.15) is 0 Å². The van der Waals surface area contributed by atoms with Crippen LogP contribution >= 0.6 is 0 Å². The average molecular weight is 487 g/mol. The Kier molecular flexibility index (Phi) is 9.22. The summed E-state index contributed by atoms with van der Waals surface area (Å²) in [6.07, 6.45) is 14.3. The molecule has 0 heterocycles. The third-order valence-electron chi connectivity index (χ3n) is 8.68. The summed E-state index contributed by atoms with van der Waals surface area (Å²) in [6, 6.07) is 0. The molecule has 3 fully saturated rings. The van der Waals surface area contributed by atoms with Gasteiger partial charge in [0.2, 0.25) is 0 Å². The molecule has 35 heavy (non-hydrogen) atoms. The average Bonchev–Trinajstić information content (AvgIpc) is 3.16. The highest BCUT2D eigenvalue weighted by molar-refractivity contribution is 5.77. The minimum atomic E-state index is -1.01. The van der Waals surface area contributed by atoms with E-state index in [1.165, 1.54) is 5.57 Å². The molecule has 0 saturated heterocycles. The van der Waals surface area contributed by atoms with Crippen molar-refractivity contribution in [3.8, 4) is 0 Å². The first-order valence-corrected chi connectivity index (χ1v) is 13.5. The Morgan fingerprint density at radius 2 is 1.91 bits per heavy atom. The highest BCUT2D eigenvalue weighted by atomic mass is 16.5. The van der Waals surface area contributed by atoms with E-state index in [1.807, 2.05) is 13.0 Å². The van der Waals surface area contributed by atoms with Crippen LogP contribution in [0, 0.1) is 22.7 Å². The molecule has 0 aromatic carbocycles. The summed E-state index contributed by atoms with van der Waals surface area (Å²) in [5, 5.41) is 30.7. The van der Waals surface area contributed by atoms with Crippen molar-refractivity contribution in [3.05, 3.63) is 47.6 Å². The second-order valence-electron chi connectivity index (χ2n) is 11.8. The number of hydrogen-bond acceptors (Lipinski definition) is 5. The van der Waals surface area contributed by atoms with E-state index in [9.17, 15) is 20.1 Å². The SMILES string of the molecule is C=C(/C=C/[C@@H](O)C(C)(C)C(=O)OCCC)[C@H]1CC[C@H]2/C(=C/C=C3C[C@@H](O)C[C@H](O)C3)CCC[C@]12C. The lowest BCUT2D eigenvalue weighted by Crippen LogP contribution is -2.37. The maximum absolute atomic E-state index is 12.4. The number of carbonyl (C=O) groups is 1. The Morgan fingerprint density at radius 3 is 2.57 bits per heavy atom. The van der Waals surface area contributed by atoms with E-state index in [0.717, 1.165) is 49.7 Å². The molecule has 3 aliphatic carbocycles. The van der Waals surface area contributed by atoms with Crippen LogP contribution in [0.4, 0.5) is 0 Å². The quantitative estimate of drug-likeness (QED) is 0.315. The van der Waals surface area contributed by atoms with E-state index in [4.69, 9.17) is 4.74 Å². The van der Waals surface area contributed by atoms with Crippen molar-refractivity contribution in [1.29, 1.82) is 0 Å². The first-order chi connectivity index (χ1) is 16.5. The van der Waals surface area contributed by atoms with Gasteiger partial charge in [0.15, 0.2) is 0 Å². The molecule has 0 amide bonds. The van der Waals surface area contributed by atoms with Crippen molar-refractivity contribution in [1.82, 2.24) is 0 Å². The topological polar surface area (TPSA) is 87.0 Å². The molecular formula is C30H46O5. The number of fused-ring (bicyclic) bond motifs is 1. The number of esters is 1. The third-order valence-corrected chi connectivity index (χ3v) is 8.68. The normalized spacial score (nSPS) is 33.6. The molecule has 6 atom stereocenters. The summed E-state index contributed by atoms with van der Waals surface area (Å²) in [6.45, 7) is 12.5. The lowest BCUT2D eigenvalue weighted by Gasteiger charge is -2.42. The van der Waals surface area contributed by atoms with Gasteiger partial charge in [0, 0.05) is 0 Å². The largest absolute Gasteiger partial charge is 0.465 e. The van der Waals surface area contributed by atoms with Crippen LogP contribution in [0.3, 0.4) is 0 Å². The molecule has 0 bridgehead atoms. The predicted octanol–water partition coefficient (Wildman–Crippen LogP) is 5.41. The molecule has 0 spiro atoms. The van der Waals surface area contributed by atoms with Gasteiger partial charge in [-0.15, -0.1) is 0 Å². The number of allylic oxidation sites excluding steroid dienone is 5. The van der Waals surface area contributed by atoms with Crippen molar-refractivity contribution < 1.29 is 24.9 Å². The van der Waals surface area contributed by atoms with Crippen molar-refractivity contribution in [2.45, 2.75) is 104 Å². The summed E-state index contributed by atoms with van der Waals surface area (Å²) < 4.78 is 5.27. The van der Waals surface area contributed by atoms with Gasteiger partial charge < -0.3 is 20.1 Å². The van der Waals surface area contributed by atoms with E-state index < -0.39 is 23.7 Å². The molecule has 3 rings (SSSR count). The summed E-state index contributed by atoms with van der Waals surface area (Å²) >= 11 is 0. The first kappa shape index (κ1) is 27.9. The molecule has 3 aliphatic rings. The van der Waals surface area contributed by atoms with Gasteiger partial charge in [-0.3, -0.25) is 4.79 Å². The summed E-state index contributed by atoms with van der Waals surface area (Å²) in [4.78, 5) is 12.4. The Morgan fingerprint density at radius 1 is 1.23 bits per heavy atom. The second-order valence-corrected chi connectivity index (χ2v) is 11.8. The van der Waals surface area contributed by atoms with Crippen LogP contribution in [0.25, 0.3) is 0 Å². The molecule has 0 aromatic rings. The van der Waals surface area contributed by atoms with Gasteiger partial charge in [-0.2, -0.15) is 0 Å². The van der Waals surface area contributed by atoms with Crippen LogP contribution in [0.1, 0.15) is 85.5 Å². The number of hydrogen-bond donors (Lipinski definition) is 3. The number of aliphatic hydroxyl groups excluding tert-OH is 3. The van der Waals surface area contributed by atoms with Crippen molar-refractivity contribution >= 4 is 5.97 Å². The number of rotatable bonds is 8. The highest BCUT2D eigenvalue weighted by Crippen LogP contribution is 2.59. The minimum absolute atomic E-state index is 0.121. The smallest absolute Gasteiger partial charge is 0.314 e. The van der Waals surface area contributed by atoms with Gasteiger partial charge in [-0.25, -0.2) is 0 Å². The summed E-state index contributed by atoms with van der Waals surface area (Å²) in [5.41, 5.74) is 2.73. The molecule has 5 heteroatoms. The van der Waals surface area contributed by atoms with E-state index in [2.05, 4.69) is 25.7 Å². The fourth-order valence-corrected chi connectivity index (χ4v) is 6.45. The Balaban J connectivity index is 1.69. The van der Waals surface area contributed by atoms with Crippen LogP contribution in [0.15, 0.2) is 47.6 Å². The third kappa shape index (κ3) is 6.36. The molecule has 3 N–H and O–H groups in total. The Labute approximate surface area is 211 Å². The second kappa shape index (κ2) is 11.6. The van der Waals surface area contributed by atoms with Crippen molar-refractivity contribution in [2.75, 3.05) is 6.61 Å². The summed E-state index contributed by atoms with van der Waals surface area (Å²) in [5.74, 6) is 0.442. The van der Waals surface area contributed by atoms with E-state index in [0.29, 0.717) is 37.7 Å².